The van der Waals surface area contributed by atoms with E-state index in [9.17, 15) is 4.79 Å². The van der Waals surface area contributed by atoms with E-state index < -0.39 is 0 Å². The van der Waals surface area contributed by atoms with Gasteiger partial charge in [-0.1, -0.05) is 37.3 Å². The van der Waals surface area contributed by atoms with Crippen molar-refractivity contribution in [2.45, 2.75) is 32.5 Å². The number of hydrogen-bond acceptors (Lipinski definition) is 2. The summed E-state index contributed by atoms with van der Waals surface area (Å²) in [6, 6.07) is 10.1. The van der Waals surface area contributed by atoms with Crippen molar-refractivity contribution in [1.82, 2.24) is 4.90 Å². The minimum absolute atomic E-state index is 0.00968. The van der Waals surface area contributed by atoms with E-state index in [1.54, 1.807) is 0 Å². The third-order valence-corrected chi connectivity index (χ3v) is 3.09. The fourth-order valence-electron chi connectivity index (χ4n) is 2.23. The second-order valence-electron chi connectivity index (χ2n) is 4.50. The lowest BCUT2D eigenvalue weighted by molar-refractivity contribution is -0.144. The third-order valence-electron chi connectivity index (χ3n) is 3.09. The molecule has 0 aromatic heterocycles. The van der Waals surface area contributed by atoms with Crippen LogP contribution >= 0.6 is 0 Å². The van der Waals surface area contributed by atoms with Gasteiger partial charge in [0, 0.05) is 13.0 Å². The van der Waals surface area contributed by atoms with Crippen molar-refractivity contribution in [2.24, 2.45) is 0 Å². The molecule has 2 rings (SSSR count). The van der Waals surface area contributed by atoms with E-state index in [1.807, 2.05) is 36.9 Å². The molecule has 1 aliphatic heterocycles. The van der Waals surface area contributed by atoms with Crippen LogP contribution in [-0.4, -0.2) is 30.0 Å². The molecule has 0 spiro atoms. The normalized spacial score (nSPS) is 24.7. The minimum Gasteiger partial charge on any atom is -0.367 e. The highest BCUT2D eigenvalue weighted by atomic mass is 16.5. The van der Waals surface area contributed by atoms with E-state index in [2.05, 4.69) is 12.1 Å². The van der Waals surface area contributed by atoms with Crippen LogP contribution in [0.15, 0.2) is 30.3 Å². The van der Waals surface area contributed by atoms with Gasteiger partial charge in [0.05, 0.1) is 12.6 Å². The second kappa shape index (κ2) is 5.32. The van der Waals surface area contributed by atoms with Gasteiger partial charge in [-0.3, -0.25) is 4.79 Å². The van der Waals surface area contributed by atoms with Gasteiger partial charge in [-0.15, -0.1) is 0 Å². The first-order valence-corrected chi connectivity index (χ1v) is 6.19. The molecular formula is C14H19NO2. The van der Waals surface area contributed by atoms with Gasteiger partial charge >= 0.3 is 0 Å². The van der Waals surface area contributed by atoms with E-state index in [0.29, 0.717) is 19.5 Å². The van der Waals surface area contributed by atoms with E-state index in [1.165, 1.54) is 0 Å². The summed E-state index contributed by atoms with van der Waals surface area (Å²) in [6.45, 7) is 5.29. The molecular weight excluding hydrogens is 214 g/mol. The summed E-state index contributed by atoms with van der Waals surface area (Å²) in [7, 11) is 0. The Morgan fingerprint density at radius 3 is 2.71 bits per heavy atom. The Bertz CT molecular complexity index is 377. The van der Waals surface area contributed by atoms with Crippen LogP contribution in [-0.2, 0) is 9.53 Å². The van der Waals surface area contributed by atoms with Gasteiger partial charge in [0.15, 0.2) is 0 Å². The van der Waals surface area contributed by atoms with E-state index >= 15 is 0 Å². The van der Waals surface area contributed by atoms with Gasteiger partial charge in [0.2, 0.25) is 5.91 Å². The van der Waals surface area contributed by atoms with Crippen LogP contribution in [0.4, 0.5) is 0 Å². The number of carbonyl (C=O) groups excluding carboxylic acids is 1. The van der Waals surface area contributed by atoms with Crippen molar-refractivity contribution in [2.75, 3.05) is 13.1 Å². The van der Waals surface area contributed by atoms with Gasteiger partial charge in [-0.25, -0.2) is 0 Å². The Balaban J connectivity index is 2.11. The molecule has 1 heterocycles. The maximum atomic E-state index is 11.8. The van der Waals surface area contributed by atoms with Gasteiger partial charge in [-0.05, 0) is 12.5 Å². The Kier molecular flexibility index (Phi) is 3.79. The lowest BCUT2D eigenvalue weighted by Crippen LogP contribution is -2.45. The molecule has 0 saturated carbocycles. The molecule has 1 amide bonds. The molecule has 1 aliphatic rings. The zero-order valence-corrected chi connectivity index (χ0v) is 10.4. The van der Waals surface area contributed by atoms with Crippen LogP contribution < -0.4 is 0 Å². The lowest BCUT2D eigenvalue weighted by Gasteiger charge is -2.37. The molecule has 1 aromatic carbocycles. The number of rotatable bonds is 2. The first-order valence-electron chi connectivity index (χ1n) is 6.19. The standard InChI is InChI=1S/C14H19NO2/c1-3-14(16)15-9-11(2)17-13(10-15)12-7-5-4-6-8-12/h4-8,11,13H,3,9-10H2,1-2H3. The molecule has 3 heteroatoms. The van der Waals surface area contributed by atoms with Gasteiger partial charge in [-0.2, -0.15) is 0 Å². The minimum atomic E-state index is 0.00968. The number of benzene rings is 1. The SMILES string of the molecule is CCC(=O)N1CC(C)OC(c2ccccc2)C1. The van der Waals surface area contributed by atoms with Crippen molar-refractivity contribution < 1.29 is 9.53 Å². The maximum Gasteiger partial charge on any atom is 0.222 e. The van der Waals surface area contributed by atoms with Crippen molar-refractivity contribution in [3.63, 3.8) is 0 Å². The smallest absolute Gasteiger partial charge is 0.222 e. The van der Waals surface area contributed by atoms with Crippen LogP contribution in [0.1, 0.15) is 31.9 Å². The van der Waals surface area contributed by atoms with Crippen molar-refractivity contribution >= 4 is 5.91 Å². The maximum absolute atomic E-state index is 11.8. The predicted octanol–water partition coefficient (Wildman–Crippen LogP) is 2.39. The third kappa shape index (κ3) is 2.86. The van der Waals surface area contributed by atoms with Crippen LogP contribution in [0.3, 0.4) is 0 Å². The summed E-state index contributed by atoms with van der Waals surface area (Å²) in [5.41, 5.74) is 1.15. The summed E-state index contributed by atoms with van der Waals surface area (Å²) >= 11 is 0. The molecule has 17 heavy (non-hydrogen) atoms. The molecule has 2 unspecified atom stereocenters. The monoisotopic (exact) mass is 233 g/mol. The number of carbonyl (C=O) groups is 1. The highest BCUT2D eigenvalue weighted by molar-refractivity contribution is 5.76. The Morgan fingerprint density at radius 2 is 2.06 bits per heavy atom. The van der Waals surface area contributed by atoms with Gasteiger partial charge in [0.1, 0.15) is 6.10 Å². The fraction of sp³-hybridized carbons (Fsp3) is 0.500. The molecule has 0 aliphatic carbocycles. The topological polar surface area (TPSA) is 29.5 Å². The number of hydrogen-bond donors (Lipinski definition) is 0. The summed E-state index contributed by atoms with van der Waals surface area (Å²) in [5, 5.41) is 0. The average molecular weight is 233 g/mol. The molecule has 1 aromatic rings. The quantitative estimate of drug-likeness (QED) is 0.785. The molecule has 1 saturated heterocycles. The number of nitrogens with zero attached hydrogens (tertiary/aromatic N) is 1. The first-order chi connectivity index (χ1) is 8.20. The van der Waals surface area contributed by atoms with E-state index in [-0.39, 0.29) is 18.1 Å². The zero-order valence-electron chi connectivity index (χ0n) is 10.4. The van der Waals surface area contributed by atoms with Gasteiger partial charge < -0.3 is 9.64 Å². The van der Waals surface area contributed by atoms with Crippen LogP contribution in [0.2, 0.25) is 0 Å². The number of amides is 1. The summed E-state index contributed by atoms with van der Waals surface area (Å²) in [4.78, 5) is 13.7. The highest BCUT2D eigenvalue weighted by Gasteiger charge is 2.28. The zero-order chi connectivity index (χ0) is 12.3. The molecule has 92 valence electrons. The summed E-state index contributed by atoms with van der Waals surface area (Å²) in [5.74, 6) is 0.209. The van der Waals surface area contributed by atoms with E-state index in [0.717, 1.165) is 5.56 Å². The Morgan fingerprint density at radius 1 is 1.35 bits per heavy atom. The molecule has 0 N–H and O–H groups in total. The number of morpholine rings is 1. The highest BCUT2D eigenvalue weighted by Crippen LogP contribution is 2.25. The van der Waals surface area contributed by atoms with Crippen molar-refractivity contribution in [3.05, 3.63) is 35.9 Å². The largest absolute Gasteiger partial charge is 0.367 e. The summed E-state index contributed by atoms with van der Waals surface area (Å²) < 4.78 is 5.90. The number of ether oxygens (including phenoxy) is 1. The van der Waals surface area contributed by atoms with E-state index in [4.69, 9.17) is 4.74 Å². The van der Waals surface area contributed by atoms with Crippen molar-refractivity contribution in [1.29, 1.82) is 0 Å². The average Bonchev–Trinajstić information content (AvgIpc) is 2.38. The molecule has 3 nitrogen and oxygen atoms in total. The molecule has 0 bridgehead atoms. The van der Waals surface area contributed by atoms with Gasteiger partial charge in [0.25, 0.3) is 0 Å². The predicted molar refractivity (Wildman–Crippen MR) is 66.6 cm³/mol. The molecule has 1 fully saturated rings. The second-order valence-corrected chi connectivity index (χ2v) is 4.50. The molecule has 0 radical (unpaired) electrons. The first kappa shape index (κ1) is 12.1. The van der Waals surface area contributed by atoms with Crippen molar-refractivity contribution in [3.8, 4) is 0 Å². The van der Waals surface area contributed by atoms with Crippen LogP contribution in [0, 0.1) is 0 Å². The Hall–Kier alpha value is -1.35. The molecule has 2 atom stereocenters. The lowest BCUT2D eigenvalue weighted by atomic mass is 10.1. The Labute approximate surface area is 102 Å². The van der Waals surface area contributed by atoms with Crippen LogP contribution in [0.5, 0.6) is 0 Å². The summed E-state index contributed by atoms with van der Waals surface area (Å²) in [6.07, 6.45) is 0.675. The fourth-order valence-corrected chi connectivity index (χ4v) is 2.23. The van der Waals surface area contributed by atoms with Crippen LogP contribution in [0.25, 0.3) is 0 Å².